The summed E-state index contributed by atoms with van der Waals surface area (Å²) < 4.78 is 0. The fourth-order valence-corrected chi connectivity index (χ4v) is 3.47. The van der Waals surface area contributed by atoms with Crippen LogP contribution in [0.15, 0.2) is 18.2 Å². The summed E-state index contributed by atoms with van der Waals surface area (Å²) in [7, 11) is 0. The predicted molar refractivity (Wildman–Crippen MR) is 83.2 cm³/mol. The summed E-state index contributed by atoms with van der Waals surface area (Å²) in [4.78, 5) is 14.6. The van der Waals surface area contributed by atoms with Gasteiger partial charge in [0, 0.05) is 29.0 Å². The average molecular weight is 345 g/mol. The average Bonchev–Trinajstić information content (AvgIpc) is 2.42. The van der Waals surface area contributed by atoms with Crippen LogP contribution in [0.25, 0.3) is 0 Å². The molecular weight excluding hydrogens is 326 g/mol. The summed E-state index contributed by atoms with van der Waals surface area (Å²) in [6.45, 7) is 3.65. The molecule has 4 heteroatoms. The standard InChI is InChI=1S/C15H19BrClNO/c1-11-13(5-2-6-14(11)17)15(19)18-9-3-4-12(10-18)7-8-16/h2,5-6,12H,3-4,7-10H2,1H3. The number of amides is 1. The Kier molecular flexibility index (Phi) is 5.28. The van der Waals surface area contributed by atoms with Gasteiger partial charge < -0.3 is 4.90 Å². The molecule has 0 N–H and O–H groups in total. The van der Waals surface area contributed by atoms with E-state index < -0.39 is 0 Å². The van der Waals surface area contributed by atoms with Crippen LogP contribution in [0.3, 0.4) is 0 Å². The van der Waals surface area contributed by atoms with Crippen molar-refractivity contribution in [3.8, 4) is 0 Å². The fourth-order valence-electron chi connectivity index (χ4n) is 2.65. The van der Waals surface area contributed by atoms with Gasteiger partial charge in [-0.15, -0.1) is 0 Å². The number of hydrogen-bond acceptors (Lipinski definition) is 1. The first-order chi connectivity index (χ1) is 9.13. The van der Waals surface area contributed by atoms with Gasteiger partial charge in [0.25, 0.3) is 5.91 Å². The smallest absolute Gasteiger partial charge is 0.254 e. The molecule has 2 rings (SSSR count). The maximum atomic E-state index is 12.6. The Bertz CT molecular complexity index is 461. The van der Waals surface area contributed by atoms with Crippen LogP contribution in [0, 0.1) is 12.8 Å². The molecular formula is C15H19BrClNO. The van der Waals surface area contributed by atoms with Crippen LogP contribution in [-0.4, -0.2) is 29.2 Å². The molecule has 1 amide bonds. The zero-order chi connectivity index (χ0) is 13.8. The zero-order valence-corrected chi connectivity index (χ0v) is 13.5. The minimum absolute atomic E-state index is 0.124. The number of carbonyl (C=O) groups excluding carboxylic acids is 1. The monoisotopic (exact) mass is 343 g/mol. The van der Waals surface area contributed by atoms with Crippen molar-refractivity contribution in [2.75, 3.05) is 18.4 Å². The topological polar surface area (TPSA) is 20.3 Å². The summed E-state index contributed by atoms with van der Waals surface area (Å²) in [6.07, 6.45) is 3.46. The maximum absolute atomic E-state index is 12.6. The predicted octanol–water partition coefficient (Wildman–Crippen LogP) is 4.29. The van der Waals surface area contributed by atoms with Crippen LogP contribution in [-0.2, 0) is 0 Å². The largest absolute Gasteiger partial charge is 0.338 e. The van der Waals surface area contributed by atoms with Gasteiger partial charge in [-0.1, -0.05) is 33.6 Å². The van der Waals surface area contributed by atoms with Crippen molar-refractivity contribution in [1.82, 2.24) is 4.90 Å². The number of halogens is 2. The second-order valence-electron chi connectivity index (χ2n) is 5.15. The second kappa shape index (κ2) is 6.76. The van der Waals surface area contributed by atoms with Crippen LogP contribution in [0.4, 0.5) is 0 Å². The van der Waals surface area contributed by atoms with Gasteiger partial charge in [0.2, 0.25) is 0 Å². The van der Waals surface area contributed by atoms with Crippen LogP contribution in [0.1, 0.15) is 35.2 Å². The number of likely N-dealkylation sites (tertiary alicyclic amines) is 1. The quantitative estimate of drug-likeness (QED) is 0.749. The highest BCUT2D eigenvalue weighted by atomic mass is 79.9. The van der Waals surface area contributed by atoms with E-state index in [0.29, 0.717) is 10.9 Å². The van der Waals surface area contributed by atoms with E-state index in [2.05, 4.69) is 15.9 Å². The van der Waals surface area contributed by atoms with E-state index in [1.165, 1.54) is 6.42 Å². The first-order valence-electron chi connectivity index (χ1n) is 6.74. The van der Waals surface area contributed by atoms with E-state index in [9.17, 15) is 4.79 Å². The second-order valence-corrected chi connectivity index (χ2v) is 6.35. The van der Waals surface area contributed by atoms with Crippen molar-refractivity contribution < 1.29 is 4.79 Å². The molecule has 104 valence electrons. The lowest BCUT2D eigenvalue weighted by molar-refractivity contribution is 0.0671. The Morgan fingerprint density at radius 2 is 2.32 bits per heavy atom. The van der Waals surface area contributed by atoms with Gasteiger partial charge in [-0.3, -0.25) is 4.79 Å². The van der Waals surface area contributed by atoms with Gasteiger partial charge in [-0.2, -0.15) is 0 Å². The maximum Gasteiger partial charge on any atom is 0.254 e. The lowest BCUT2D eigenvalue weighted by atomic mass is 9.95. The molecule has 19 heavy (non-hydrogen) atoms. The van der Waals surface area contributed by atoms with Crippen molar-refractivity contribution >= 4 is 33.4 Å². The first-order valence-corrected chi connectivity index (χ1v) is 8.23. The van der Waals surface area contributed by atoms with E-state index in [1.807, 2.05) is 30.0 Å². The first kappa shape index (κ1) is 14.9. The molecule has 1 fully saturated rings. The molecule has 1 aliphatic rings. The summed E-state index contributed by atoms with van der Waals surface area (Å²) in [5.74, 6) is 0.746. The van der Waals surface area contributed by atoms with Crippen LogP contribution < -0.4 is 0 Å². The molecule has 1 atom stereocenters. The van der Waals surface area contributed by atoms with Gasteiger partial charge >= 0.3 is 0 Å². The summed E-state index contributed by atoms with van der Waals surface area (Å²) in [6, 6.07) is 5.55. The molecule has 0 bridgehead atoms. The van der Waals surface area contributed by atoms with Gasteiger partial charge in [-0.25, -0.2) is 0 Å². The number of carbonyl (C=O) groups is 1. The van der Waals surface area contributed by atoms with E-state index in [0.717, 1.165) is 42.4 Å². The highest BCUT2D eigenvalue weighted by Gasteiger charge is 2.25. The minimum Gasteiger partial charge on any atom is -0.338 e. The molecule has 1 saturated heterocycles. The fraction of sp³-hybridized carbons (Fsp3) is 0.533. The Labute approximate surface area is 128 Å². The molecule has 2 nitrogen and oxygen atoms in total. The molecule has 1 aromatic rings. The molecule has 0 aromatic heterocycles. The normalized spacial score (nSPS) is 19.5. The molecule has 1 heterocycles. The van der Waals surface area contributed by atoms with Crippen molar-refractivity contribution in [2.45, 2.75) is 26.2 Å². The number of rotatable bonds is 3. The minimum atomic E-state index is 0.124. The van der Waals surface area contributed by atoms with Crippen molar-refractivity contribution in [3.63, 3.8) is 0 Å². The molecule has 0 aliphatic carbocycles. The van der Waals surface area contributed by atoms with Gasteiger partial charge in [0.15, 0.2) is 0 Å². The number of hydrogen-bond donors (Lipinski definition) is 0. The van der Waals surface area contributed by atoms with Gasteiger partial charge in [0.05, 0.1) is 0 Å². The molecule has 1 aromatic carbocycles. The van der Waals surface area contributed by atoms with Gasteiger partial charge in [-0.05, 0) is 49.8 Å². The lowest BCUT2D eigenvalue weighted by Gasteiger charge is -2.33. The van der Waals surface area contributed by atoms with Crippen LogP contribution in [0.2, 0.25) is 5.02 Å². The summed E-state index contributed by atoms with van der Waals surface area (Å²) >= 11 is 9.59. The van der Waals surface area contributed by atoms with E-state index >= 15 is 0 Å². The van der Waals surface area contributed by atoms with Crippen molar-refractivity contribution in [2.24, 2.45) is 5.92 Å². The van der Waals surface area contributed by atoms with Crippen molar-refractivity contribution in [1.29, 1.82) is 0 Å². The third-order valence-electron chi connectivity index (χ3n) is 3.82. The summed E-state index contributed by atoms with van der Waals surface area (Å²) in [5.41, 5.74) is 1.63. The number of piperidine rings is 1. The lowest BCUT2D eigenvalue weighted by Crippen LogP contribution is -2.40. The molecule has 1 unspecified atom stereocenters. The Hall–Kier alpha value is -0.540. The van der Waals surface area contributed by atoms with Crippen LogP contribution in [0.5, 0.6) is 0 Å². The Morgan fingerprint density at radius 3 is 3.05 bits per heavy atom. The molecule has 0 radical (unpaired) electrons. The third kappa shape index (κ3) is 3.51. The molecule has 1 aliphatic heterocycles. The Balaban J connectivity index is 2.12. The van der Waals surface area contributed by atoms with E-state index in [-0.39, 0.29) is 5.91 Å². The van der Waals surface area contributed by atoms with E-state index in [1.54, 1.807) is 0 Å². The summed E-state index contributed by atoms with van der Waals surface area (Å²) in [5, 5.41) is 1.68. The van der Waals surface area contributed by atoms with Crippen LogP contribution >= 0.6 is 27.5 Å². The molecule has 0 saturated carbocycles. The highest BCUT2D eigenvalue weighted by molar-refractivity contribution is 9.09. The number of nitrogens with zero attached hydrogens (tertiary/aromatic N) is 1. The SMILES string of the molecule is Cc1c(Cl)cccc1C(=O)N1CCCC(CCBr)C1. The van der Waals surface area contributed by atoms with Gasteiger partial charge in [0.1, 0.15) is 0 Å². The molecule has 0 spiro atoms. The van der Waals surface area contributed by atoms with Crippen molar-refractivity contribution in [3.05, 3.63) is 34.3 Å². The Morgan fingerprint density at radius 1 is 1.53 bits per heavy atom. The third-order valence-corrected chi connectivity index (χ3v) is 4.69. The van der Waals surface area contributed by atoms with E-state index in [4.69, 9.17) is 11.6 Å². The number of benzene rings is 1. The number of alkyl halides is 1. The highest BCUT2D eigenvalue weighted by Crippen LogP contribution is 2.24. The zero-order valence-electron chi connectivity index (χ0n) is 11.2.